The molecular weight excluding hydrogens is 326 g/mol. The molecule has 3 rings (SSSR count). The molecule has 0 radical (unpaired) electrons. The number of thioether (sulfide) groups is 1. The van der Waals surface area contributed by atoms with E-state index >= 15 is 0 Å². The molecule has 0 amide bonds. The van der Waals surface area contributed by atoms with Crippen LogP contribution in [0.2, 0.25) is 0 Å². The van der Waals surface area contributed by atoms with Crippen molar-refractivity contribution in [3.05, 3.63) is 48.0 Å². The maximum Gasteiger partial charge on any atom is 0.190 e. The normalized spacial score (nSPS) is 10.7. The van der Waals surface area contributed by atoms with Gasteiger partial charge in [-0.25, -0.2) is 9.97 Å². The van der Waals surface area contributed by atoms with E-state index in [9.17, 15) is 15.0 Å². The smallest absolute Gasteiger partial charge is 0.190 e. The topological polar surface area (TPSA) is 95.3 Å². The number of phenols is 2. The number of aromatic nitrogens is 2. The highest BCUT2D eigenvalue weighted by Gasteiger charge is 2.12. The standard InChI is InChI=1S/C17H15N3O3S/c1-18-16-11-4-2-3-5-12(11)19-17(20-16)24-9-15(23)10-6-7-13(21)14(22)8-10/h2-8,21-22H,9H2,1H3,(H,18,19,20). The third-order valence-electron chi connectivity index (χ3n) is 3.45. The van der Waals surface area contributed by atoms with Gasteiger partial charge in [-0.05, 0) is 30.3 Å². The predicted molar refractivity (Wildman–Crippen MR) is 93.9 cm³/mol. The summed E-state index contributed by atoms with van der Waals surface area (Å²) >= 11 is 1.22. The fraction of sp³-hybridized carbons (Fsp3) is 0.118. The van der Waals surface area contributed by atoms with Crippen LogP contribution in [0.5, 0.6) is 11.5 Å². The Labute approximate surface area is 142 Å². The highest BCUT2D eigenvalue weighted by molar-refractivity contribution is 7.99. The van der Waals surface area contributed by atoms with Gasteiger partial charge in [0.2, 0.25) is 0 Å². The summed E-state index contributed by atoms with van der Waals surface area (Å²) in [6.07, 6.45) is 0. The molecule has 122 valence electrons. The van der Waals surface area contributed by atoms with Crippen molar-refractivity contribution in [3.63, 3.8) is 0 Å². The number of nitrogens with one attached hydrogen (secondary N) is 1. The van der Waals surface area contributed by atoms with Gasteiger partial charge in [0.15, 0.2) is 22.4 Å². The lowest BCUT2D eigenvalue weighted by Crippen LogP contribution is -2.04. The van der Waals surface area contributed by atoms with Crippen LogP contribution in [0.25, 0.3) is 10.9 Å². The largest absolute Gasteiger partial charge is 0.504 e. The quantitative estimate of drug-likeness (QED) is 0.284. The number of rotatable bonds is 5. The van der Waals surface area contributed by atoms with Gasteiger partial charge in [0.25, 0.3) is 0 Å². The van der Waals surface area contributed by atoms with Crippen LogP contribution in [0.15, 0.2) is 47.6 Å². The minimum absolute atomic E-state index is 0.131. The lowest BCUT2D eigenvalue weighted by Gasteiger charge is -2.07. The van der Waals surface area contributed by atoms with Gasteiger partial charge in [0, 0.05) is 18.0 Å². The van der Waals surface area contributed by atoms with Crippen LogP contribution in [-0.2, 0) is 0 Å². The van der Waals surface area contributed by atoms with Gasteiger partial charge in [-0.1, -0.05) is 23.9 Å². The summed E-state index contributed by atoms with van der Waals surface area (Å²) in [7, 11) is 1.79. The average Bonchev–Trinajstić information content (AvgIpc) is 2.61. The van der Waals surface area contributed by atoms with E-state index < -0.39 is 0 Å². The molecule has 1 heterocycles. The number of benzene rings is 2. The zero-order chi connectivity index (χ0) is 17.1. The Balaban J connectivity index is 1.80. The number of Topliss-reactive ketones (excluding diaryl/α,β-unsaturated/α-hetero) is 1. The molecule has 7 heteroatoms. The maximum absolute atomic E-state index is 12.2. The van der Waals surface area contributed by atoms with Crippen LogP contribution in [0.4, 0.5) is 5.82 Å². The number of hydrogen-bond acceptors (Lipinski definition) is 7. The molecule has 1 aromatic heterocycles. The van der Waals surface area contributed by atoms with E-state index in [0.717, 1.165) is 10.9 Å². The van der Waals surface area contributed by atoms with E-state index in [1.54, 1.807) is 7.05 Å². The van der Waals surface area contributed by atoms with Gasteiger partial charge in [-0.2, -0.15) is 0 Å². The summed E-state index contributed by atoms with van der Waals surface area (Å²) in [4.78, 5) is 21.1. The minimum Gasteiger partial charge on any atom is -0.504 e. The summed E-state index contributed by atoms with van der Waals surface area (Å²) < 4.78 is 0. The first-order valence-corrected chi connectivity index (χ1v) is 8.19. The Morgan fingerprint density at radius 1 is 1.12 bits per heavy atom. The zero-order valence-electron chi connectivity index (χ0n) is 12.9. The summed E-state index contributed by atoms with van der Waals surface area (Å²) in [5.41, 5.74) is 1.13. The second-order valence-electron chi connectivity index (χ2n) is 5.04. The second-order valence-corrected chi connectivity index (χ2v) is 5.98. The van der Waals surface area contributed by atoms with Crippen molar-refractivity contribution in [1.82, 2.24) is 9.97 Å². The van der Waals surface area contributed by atoms with Crippen LogP contribution in [-0.4, -0.2) is 38.8 Å². The lowest BCUT2D eigenvalue weighted by molar-refractivity contribution is 0.102. The number of para-hydroxylation sites is 1. The molecule has 2 aromatic carbocycles. The monoisotopic (exact) mass is 341 g/mol. The first-order chi connectivity index (χ1) is 11.6. The fourth-order valence-corrected chi connectivity index (χ4v) is 2.97. The van der Waals surface area contributed by atoms with Crippen LogP contribution >= 0.6 is 11.8 Å². The third-order valence-corrected chi connectivity index (χ3v) is 4.30. The van der Waals surface area contributed by atoms with E-state index in [4.69, 9.17) is 0 Å². The maximum atomic E-state index is 12.2. The van der Waals surface area contributed by atoms with E-state index in [0.29, 0.717) is 16.5 Å². The summed E-state index contributed by atoms with van der Waals surface area (Å²) in [5, 5.41) is 23.2. The van der Waals surface area contributed by atoms with E-state index in [-0.39, 0.29) is 23.0 Å². The molecule has 0 atom stereocenters. The minimum atomic E-state index is -0.315. The van der Waals surface area contributed by atoms with Crippen molar-refractivity contribution in [2.45, 2.75) is 5.16 Å². The number of phenolic OH excluding ortho intramolecular Hbond substituents is 2. The number of anilines is 1. The van der Waals surface area contributed by atoms with Crippen molar-refractivity contribution in [3.8, 4) is 11.5 Å². The molecule has 0 bridgehead atoms. The molecule has 0 aliphatic carbocycles. The van der Waals surface area contributed by atoms with Gasteiger partial charge < -0.3 is 15.5 Å². The van der Waals surface area contributed by atoms with Crippen molar-refractivity contribution in [1.29, 1.82) is 0 Å². The Kier molecular flexibility index (Phi) is 4.52. The van der Waals surface area contributed by atoms with E-state index in [1.807, 2.05) is 24.3 Å². The van der Waals surface area contributed by atoms with Crippen molar-refractivity contribution >= 4 is 34.3 Å². The predicted octanol–water partition coefficient (Wildman–Crippen LogP) is 3.06. The van der Waals surface area contributed by atoms with Gasteiger partial charge in [-0.15, -0.1) is 0 Å². The first-order valence-electron chi connectivity index (χ1n) is 7.21. The third kappa shape index (κ3) is 3.26. The lowest BCUT2D eigenvalue weighted by atomic mass is 10.1. The Bertz CT molecular complexity index is 915. The Morgan fingerprint density at radius 3 is 2.67 bits per heavy atom. The van der Waals surface area contributed by atoms with E-state index in [1.165, 1.54) is 30.0 Å². The summed E-state index contributed by atoms with van der Waals surface area (Å²) in [6.45, 7) is 0. The van der Waals surface area contributed by atoms with Gasteiger partial charge in [-0.3, -0.25) is 4.79 Å². The molecule has 0 saturated carbocycles. The molecule has 0 fully saturated rings. The number of carbonyl (C=O) groups is 1. The van der Waals surface area contributed by atoms with Crippen molar-refractivity contribution < 1.29 is 15.0 Å². The van der Waals surface area contributed by atoms with Crippen LogP contribution in [0, 0.1) is 0 Å². The highest BCUT2D eigenvalue weighted by Crippen LogP contribution is 2.27. The number of aromatic hydroxyl groups is 2. The molecule has 0 unspecified atom stereocenters. The molecule has 0 aliphatic rings. The number of nitrogens with zero attached hydrogens (tertiary/aromatic N) is 2. The van der Waals surface area contributed by atoms with Crippen LogP contribution < -0.4 is 5.32 Å². The molecule has 0 spiro atoms. The first kappa shape index (κ1) is 16.1. The number of carbonyl (C=O) groups excluding carboxylic acids is 1. The van der Waals surface area contributed by atoms with Gasteiger partial charge >= 0.3 is 0 Å². The van der Waals surface area contributed by atoms with Gasteiger partial charge in [0.1, 0.15) is 5.82 Å². The average molecular weight is 341 g/mol. The SMILES string of the molecule is CNc1nc(SCC(=O)c2ccc(O)c(O)c2)nc2ccccc12. The van der Waals surface area contributed by atoms with Crippen molar-refractivity contribution in [2.75, 3.05) is 18.1 Å². The highest BCUT2D eigenvalue weighted by atomic mass is 32.2. The zero-order valence-corrected chi connectivity index (χ0v) is 13.7. The van der Waals surface area contributed by atoms with Crippen LogP contribution in [0.3, 0.4) is 0 Å². The second kappa shape index (κ2) is 6.76. The Hall–Kier alpha value is -2.80. The van der Waals surface area contributed by atoms with Gasteiger partial charge in [0.05, 0.1) is 11.3 Å². The number of ketones is 1. The van der Waals surface area contributed by atoms with E-state index in [2.05, 4.69) is 15.3 Å². The molecular formula is C17H15N3O3S. The Morgan fingerprint density at radius 2 is 1.92 bits per heavy atom. The molecule has 0 saturated heterocycles. The number of fused-ring (bicyclic) bond motifs is 1. The fourth-order valence-electron chi connectivity index (χ4n) is 2.22. The molecule has 3 N–H and O–H groups in total. The molecule has 0 aliphatic heterocycles. The van der Waals surface area contributed by atoms with Crippen molar-refractivity contribution in [2.24, 2.45) is 0 Å². The molecule has 24 heavy (non-hydrogen) atoms. The molecule has 3 aromatic rings. The molecule has 6 nitrogen and oxygen atoms in total. The summed E-state index contributed by atoms with van der Waals surface area (Å²) in [6, 6.07) is 11.6. The van der Waals surface area contributed by atoms with Crippen LogP contribution in [0.1, 0.15) is 10.4 Å². The summed E-state index contributed by atoms with van der Waals surface area (Å²) in [5.74, 6) is 0.0861. The number of hydrogen-bond donors (Lipinski definition) is 3.